The normalized spacial score (nSPS) is 12.6. The Bertz CT molecular complexity index is 548. The van der Waals surface area contributed by atoms with E-state index in [9.17, 15) is 0 Å². The predicted octanol–water partition coefficient (Wildman–Crippen LogP) is 2.99. The van der Waals surface area contributed by atoms with Crippen molar-refractivity contribution in [1.29, 1.82) is 0 Å². The van der Waals surface area contributed by atoms with Crippen LogP contribution in [0.5, 0.6) is 0 Å². The molecule has 2 nitrogen and oxygen atoms in total. The summed E-state index contributed by atoms with van der Waals surface area (Å²) in [6, 6.07) is 8.87. The van der Waals surface area contributed by atoms with Crippen LogP contribution in [-0.4, -0.2) is 10.6 Å². The monoisotopic (exact) mass is 240 g/mol. The number of nitrogens with one attached hydrogen (secondary N) is 1. The zero-order valence-electron chi connectivity index (χ0n) is 11.3. The number of para-hydroxylation sites is 1. The van der Waals surface area contributed by atoms with Crippen LogP contribution in [-0.2, 0) is 13.6 Å². The highest BCUT2D eigenvalue weighted by molar-refractivity contribution is 5.85. The molecule has 18 heavy (non-hydrogen) atoms. The van der Waals surface area contributed by atoms with E-state index < -0.39 is 0 Å². The van der Waals surface area contributed by atoms with Gasteiger partial charge in [0.1, 0.15) is 0 Å². The molecule has 0 amide bonds. The van der Waals surface area contributed by atoms with Gasteiger partial charge in [-0.05, 0) is 25.5 Å². The number of nitrogens with zero attached hydrogens (tertiary/aromatic N) is 1. The Kier molecular flexibility index (Phi) is 3.74. The van der Waals surface area contributed by atoms with Crippen LogP contribution in [0, 0.1) is 19.3 Å². The third-order valence-electron chi connectivity index (χ3n) is 3.55. The first-order valence-corrected chi connectivity index (χ1v) is 6.35. The van der Waals surface area contributed by atoms with Crippen LogP contribution in [0.25, 0.3) is 10.9 Å². The molecule has 1 aromatic heterocycles. The molecule has 1 aromatic carbocycles. The Hall–Kier alpha value is -1.72. The lowest BCUT2D eigenvalue weighted by Crippen LogP contribution is -2.26. The largest absolute Gasteiger partial charge is 0.346 e. The molecule has 0 aliphatic heterocycles. The number of hydrogen-bond donors (Lipinski definition) is 1. The average molecular weight is 240 g/mol. The van der Waals surface area contributed by atoms with E-state index in [0.717, 1.165) is 13.0 Å². The Labute approximate surface area is 109 Å². The minimum absolute atomic E-state index is 0.354. The van der Waals surface area contributed by atoms with Gasteiger partial charge < -0.3 is 9.88 Å². The van der Waals surface area contributed by atoms with Gasteiger partial charge in [-0.3, -0.25) is 0 Å². The number of terminal acetylenes is 1. The molecule has 1 unspecified atom stereocenters. The van der Waals surface area contributed by atoms with Gasteiger partial charge in [0.25, 0.3) is 0 Å². The minimum Gasteiger partial charge on any atom is -0.346 e. The molecule has 94 valence electrons. The van der Waals surface area contributed by atoms with E-state index in [4.69, 9.17) is 6.42 Å². The van der Waals surface area contributed by atoms with E-state index in [1.807, 2.05) is 0 Å². The fraction of sp³-hybridized carbons (Fsp3) is 0.375. The average Bonchev–Trinajstić information content (AvgIpc) is 2.61. The summed E-state index contributed by atoms with van der Waals surface area (Å²) in [5.41, 5.74) is 3.98. The van der Waals surface area contributed by atoms with Crippen molar-refractivity contribution in [2.75, 3.05) is 0 Å². The maximum Gasteiger partial charge on any atom is 0.0483 e. The summed E-state index contributed by atoms with van der Waals surface area (Å²) in [7, 11) is 2.12. The van der Waals surface area contributed by atoms with E-state index in [2.05, 4.69) is 61.0 Å². The van der Waals surface area contributed by atoms with Crippen molar-refractivity contribution < 1.29 is 0 Å². The number of aromatic nitrogens is 1. The van der Waals surface area contributed by atoms with E-state index in [0.29, 0.717) is 6.04 Å². The predicted molar refractivity (Wildman–Crippen MR) is 77.4 cm³/mol. The Balaban J connectivity index is 2.26. The van der Waals surface area contributed by atoms with Crippen molar-refractivity contribution in [2.45, 2.75) is 32.9 Å². The second kappa shape index (κ2) is 5.29. The molecule has 0 saturated heterocycles. The maximum atomic E-state index is 5.32. The summed E-state index contributed by atoms with van der Waals surface area (Å²) >= 11 is 0. The van der Waals surface area contributed by atoms with Crippen LogP contribution in [0.4, 0.5) is 0 Å². The second-order valence-electron chi connectivity index (χ2n) is 4.84. The SMILES string of the molecule is C#CCC(C)NCc1c(C)c2ccccc2n1C. The van der Waals surface area contributed by atoms with Gasteiger partial charge in [0, 0.05) is 42.7 Å². The summed E-state index contributed by atoms with van der Waals surface area (Å²) in [6.07, 6.45) is 6.09. The molecule has 2 rings (SSSR count). The number of rotatable bonds is 4. The molecule has 0 bridgehead atoms. The maximum absolute atomic E-state index is 5.32. The number of aryl methyl sites for hydroxylation is 2. The van der Waals surface area contributed by atoms with Crippen LogP contribution in [0.15, 0.2) is 24.3 Å². The fourth-order valence-corrected chi connectivity index (χ4v) is 2.41. The second-order valence-corrected chi connectivity index (χ2v) is 4.84. The summed E-state index contributed by atoms with van der Waals surface area (Å²) in [4.78, 5) is 0. The number of benzene rings is 1. The van der Waals surface area contributed by atoms with Crippen molar-refractivity contribution >= 4 is 10.9 Å². The fourth-order valence-electron chi connectivity index (χ4n) is 2.41. The van der Waals surface area contributed by atoms with E-state index in [1.165, 1.54) is 22.2 Å². The highest BCUT2D eigenvalue weighted by Crippen LogP contribution is 2.24. The molecule has 0 radical (unpaired) electrons. The van der Waals surface area contributed by atoms with Crippen molar-refractivity contribution in [3.8, 4) is 12.3 Å². The standard InChI is InChI=1S/C16H20N2/c1-5-8-12(2)17-11-16-13(3)14-9-6-7-10-15(14)18(16)4/h1,6-7,9-10,12,17H,8,11H2,2-4H3. The van der Waals surface area contributed by atoms with Crippen molar-refractivity contribution in [1.82, 2.24) is 9.88 Å². The van der Waals surface area contributed by atoms with Gasteiger partial charge in [-0.25, -0.2) is 0 Å². The molecule has 0 fully saturated rings. The quantitative estimate of drug-likeness (QED) is 0.813. The topological polar surface area (TPSA) is 17.0 Å². The molecular weight excluding hydrogens is 220 g/mol. The first-order chi connectivity index (χ1) is 8.65. The van der Waals surface area contributed by atoms with Gasteiger partial charge in [0.05, 0.1) is 0 Å². The van der Waals surface area contributed by atoms with Crippen molar-refractivity contribution in [3.63, 3.8) is 0 Å². The van der Waals surface area contributed by atoms with Crippen LogP contribution >= 0.6 is 0 Å². The zero-order chi connectivity index (χ0) is 13.1. The molecule has 0 aliphatic carbocycles. The Morgan fingerprint density at radius 3 is 2.78 bits per heavy atom. The lowest BCUT2D eigenvalue weighted by atomic mass is 10.1. The highest BCUT2D eigenvalue weighted by Gasteiger charge is 2.11. The lowest BCUT2D eigenvalue weighted by Gasteiger charge is -2.12. The van der Waals surface area contributed by atoms with Gasteiger partial charge in [-0.1, -0.05) is 18.2 Å². The molecule has 1 heterocycles. The summed E-state index contributed by atoms with van der Waals surface area (Å²) in [5.74, 6) is 2.69. The van der Waals surface area contributed by atoms with E-state index in [-0.39, 0.29) is 0 Å². The first kappa shape index (κ1) is 12.7. The van der Waals surface area contributed by atoms with Crippen molar-refractivity contribution in [2.24, 2.45) is 7.05 Å². The number of fused-ring (bicyclic) bond motifs is 1. The molecule has 2 aromatic rings. The zero-order valence-corrected chi connectivity index (χ0v) is 11.3. The summed E-state index contributed by atoms with van der Waals surface area (Å²) < 4.78 is 2.26. The molecule has 0 aliphatic rings. The van der Waals surface area contributed by atoms with E-state index >= 15 is 0 Å². The highest BCUT2D eigenvalue weighted by atomic mass is 15.0. The Morgan fingerprint density at radius 2 is 2.11 bits per heavy atom. The first-order valence-electron chi connectivity index (χ1n) is 6.35. The van der Waals surface area contributed by atoms with Gasteiger partial charge in [-0.2, -0.15) is 0 Å². The van der Waals surface area contributed by atoms with Gasteiger partial charge in [0.2, 0.25) is 0 Å². The van der Waals surface area contributed by atoms with Crippen LogP contribution in [0.2, 0.25) is 0 Å². The molecule has 1 atom stereocenters. The lowest BCUT2D eigenvalue weighted by molar-refractivity contribution is 0.545. The van der Waals surface area contributed by atoms with E-state index in [1.54, 1.807) is 0 Å². The van der Waals surface area contributed by atoms with Gasteiger partial charge in [0.15, 0.2) is 0 Å². The molecule has 1 N–H and O–H groups in total. The molecule has 2 heteroatoms. The molecule has 0 saturated carbocycles. The smallest absolute Gasteiger partial charge is 0.0483 e. The molecule has 0 spiro atoms. The third kappa shape index (κ3) is 2.27. The molecular formula is C16H20N2. The van der Waals surface area contributed by atoms with Gasteiger partial charge >= 0.3 is 0 Å². The summed E-state index contributed by atoms with van der Waals surface area (Å²) in [5, 5.41) is 4.81. The summed E-state index contributed by atoms with van der Waals surface area (Å²) in [6.45, 7) is 5.17. The van der Waals surface area contributed by atoms with Crippen LogP contribution in [0.3, 0.4) is 0 Å². The minimum atomic E-state index is 0.354. The number of hydrogen-bond acceptors (Lipinski definition) is 1. The van der Waals surface area contributed by atoms with Crippen molar-refractivity contribution in [3.05, 3.63) is 35.5 Å². The van der Waals surface area contributed by atoms with Crippen LogP contribution < -0.4 is 5.32 Å². The third-order valence-corrected chi connectivity index (χ3v) is 3.55. The van der Waals surface area contributed by atoms with Gasteiger partial charge in [-0.15, -0.1) is 12.3 Å². The van der Waals surface area contributed by atoms with Crippen LogP contribution in [0.1, 0.15) is 24.6 Å². The Morgan fingerprint density at radius 1 is 1.39 bits per heavy atom.